The molecule has 15 heavy (non-hydrogen) atoms. The van der Waals surface area contributed by atoms with E-state index in [0.29, 0.717) is 11.3 Å². The lowest BCUT2D eigenvalue weighted by molar-refractivity contribution is 0.401. The van der Waals surface area contributed by atoms with E-state index in [0.717, 1.165) is 4.47 Å². The number of aromatic nitrogens is 2. The lowest BCUT2D eigenvalue weighted by atomic mass is 10.3. The van der Waals surface area contributed by atoms with Crippen LogP contribution in [0.15, 0.2) is 27.6 Å². The van der Waals surface area contributed by atoms with Crippen LogP contribution in [-0.4, -0.2) is 16.5 Å². The Balaban J connectivity index is 2.91. The molecule has 2 aromatic rings. The highest BCUT2D eigenvalue weighted by Crippen LogP contribution is 2.14. The highest BCUT2D eigenvalue weighted by atomic mass is 79.9. The summed E-state index contributed by atoms with van der Waals surface area (Å²) in [6.07, 6.45) is 1.66. The minimum atomic E-state index is -0.187. The first kappa shape index (κ1) is 10.2. The molecule has 0 aromatic carbocycles. The van der Waals surface area contributed by atoms with Gasteiger partial charge in [0.1, 0.15) is 5.65 Å². The molecule has 0 saturated carbocycles. The van der Waals surface area contributed by atoms with Crippen molar-refractivity contribution in [3.05, 3.63) is 38.9 Å². The van der Waals surface area contributed by atoms with Crippen molar-refractivity contribution < 1.29 is 4.74 Å². The van der Waals surface area contributed by atoms with Crippen LogP contribution in [0.5, 0.6) is 5.75 Å². The van der Waals surface area contributed by atoms with Gasteiger partial charge in [-0.2, -0.15) is 0 Å². The summed E-state index contributed by atoms with van der Waals surface area (Å²) in [5.41, 5.74) is 1.01. The minimum Gasteiger partial charge on any atom is -0.490 e. The van der Waals surface area contributed by atoms with Gasteiger partial charge in [0.2, 0.25) is 5.75 Å². The predicted molar refractivity (Wildman–Crippen MR) is 60.5 cm³/mol. The number of methoxy groups -OCH3 is 1. The van der Waals surface area contributed by atoms with Gasteiger partial charge in [-0.3, -0.25) is 9.20 Å². The Kier molecular flexibility index (Phi) is 2.48. The Morgan fingerprint density at radius 1 is 1.53 bits per heavy atom. The summed E-state index contributed by atoms with van der Waals surface area (Å²) in [7, 11) is 1.47. The second-order valence-corrected chi connectivity index (χ2v) is 4.02. The SMILES string of the molecule is COc1c(C)nc2cc(Br)ccn2c1=O. The van der Waals surface area contributed by atoms with Crippen LogP contribution in [-0.2, 0) is 0 Å². The molecule has 0 fully saturated rings. The van der Waals surface area contributed by atoms with Crippen molar-refractivity contribution in [2.75, 3.05) is 7.11 Å². The van der Waals surface area contributed by atoms with E-state index in [9.17, 15) is 4.79 Å². The Morgan fingerprint density at radius 3 is 2.93 bits per heavy atom. The average molecular weight is 269 g/mol. The molecule has 0 spiro atoms. The Morgan fingerprint density at radius 2 is 2.27 bits per heavy atom. The second kappa shape index (κ2) is 3.66. The molecule has 2 aromatic heterocycles. The van der Waals surface area contributed by atoms with Crippen LogP contribution in [0.1, 0.15) is 5.69 Å². The molecule has 0 unspecified atom stereocenters. The van der Waals surface area contributed by atoms with Gasteiger partial charge in [0, 0.05) is 10.7 Å². The number of ether oxygens (including phenoxy) is 1. The van der Waals surface area contributed by atoms with E-state index < -0.39 is 0 Å². The zero-order valence-corrected chi connectivity index (χ0v) is 9.91. The van der Waals surface area contributed by atoms with Crippen LogP contribution in [0, 0.1) is 6.92 Å². The smallest absolute Gasteiger partial charge is 0.300 e. The molecule has 0 atom stereocenters. The summed E-state index contributed by atoms with van der Waals surface area (Å²) in [5.74, 6) is 0.287. The zero-order valence-electron chi connectivity index (χ0n) is 8.32. The van der Waals surface area contributed by atoms with Crippen molar-refractivity contribution in [3.8, 4) is 5.75 Å². The van der Waals surface area contributed by atoms with Crippen molar-refractivity contribution in [1.82, 2.24) is 9.38 Å². The summed E-state index contributed by atoms with van der Waals surface area (Å²) in [5, 5.41) is 0. The van der Waals surface area contributed by atoms with Gasteiger partial charge >= 0.3 is 5.56 Å². The summed E-state index contributed by atoms with van der Waals surface area (Å²) in [4.78, 5) is 16.2. The summed E-state index contributed by atoms with van der Waals surface area (Å²) in [6, 6.07) is 3.57. The molecular weight excluding hydrogens is 260 g/mol. The van der Waals surface area contributed by atoms with E-state index >= 15 is 0 Å². The number of fused-ring (bicyclic) bond motifs is 1. The Hall–Kier alpha value is -1.36. The van der Waals surface area contributed by atoms with E-state index in [1.165, 1.54) is 11.5 Å². The van der Waals surface area contributed by atoms with Gasteiger partial charge in [-0.15, -0.1) is 0 Å². The fourth-order valence-corrected chi connectivity index (χ4v) is 1.77. The standard InChI is InChI=1S/C10H9BrN2O2/c1-6-9(15-2)10(14)13-4-3-7(11)5-8(13)12-6/h3-5H,1-2H3. The maximum absolute atomic E-state index is 11.9. The maximum atomic E-state index is 11.9. The van der Waals surface area contributed by atoms with Gasteiger partial charge in [-0.1, -0.05) is 15.9 Å². The normalized spacial score (nSPS) is 10.6. The first-order valence-electron chi connectivity index (χ1n) is 4.36. The molecule has 0 aliphatic rings. The number of rotatable bonds is 1. The third kappa shape index (κ3) is 1.63. The van der Waals surface area contributed by atoms with Gasteiger partial charge in [0.25, 0.3) is 0 Å². The van der Waals surface area contributed by atoms with Crippen LogP contribution in [0.3, 0.4) is 0 Å². The molecule has 0 amide bonds. The van der Waals surface area contributed by atoms with Crippen LogP contribution in [0.25, 0.3) is 5.65 Å². The first-order valence-corrected chi connectivity index (χ1v) is 5.15. The van der Waals surface area contributed by atoms with Crippen molar-refractivity contribution in [3.63, 3.8) is 0 Å². The molecule has 2 heterocycles. The van der Waals surface area contributed by atoms with E-state index in [1.54, 1.807) is 25.3 Å². The zero-order chi connectivity index (χ0) is 11.0. The van der Waals surface area contributed by atoms with E-state index in [1.807, 2.05) is 0 Å². The summed E-state index contributed by atoms with van der Waals surface area (Å²) < 4.78 is 7.35. The summed E-state index contributed by atoms with van der Waals surface area (Å²) >= 11 is 3.33. The molecular formula is C10H9BrN2O2. The number of pyridine rings is 1. The van der Waals surface area contributed by atoms with Gasteiger partial charge in [0.15, 0.2) is 0 Å². The third-order valence-electron chi connectivity index (χ3n) is 2.12. The number of hydrogen-bond acceptors (Lipinski definition) is 3. The molecule has 4 nitrogen and oxygen atoms in total. The van der Waals surface area contributed by atoms with Crippen molar-refractivity contribution >= 4 is 21.6 Å². The topological polar surface area (TPSA) is 43.6 Å². The van der Waals surface area contributed by atoms with Gasteiger partial charge in [-0.25, -0.2) is 4.98 Å². The molecule has 5 heteroatoms. The van der Waals surface area contributed by atoms with E-state index in [2.05, 4.69) is 20.9 Å². The Bertz CT molecular complexity index is 577. The fourth-order valence-electron chi connectivity index (χ4n) is 1.44. The number of halogens is 1. The van der Waals surface area contributed by atoms with E-state index in [-0.39, 0.29) is 11.3 Å². The highest BCUT2D eigenvalue weighted by molar-refractivity contribution is 9.10. The van der Waals surface area contributed by atoms with E-state index in [4.69, 9.17) is 4.74 Å². The second-order valence-electron chi connectivity index (χ2n) is 3.11. The highest BCUT2D eigenvalue weighted by Gasteiger charge is 2.09. The van der Waals surface area contributed by atoms with Crippen molar-refractivity contribution in [2.24, 2.45) is 0 Å². The predicted octanol–water partition coefficient (Wildman–Crippen LogP) is 1.77. The molecule has 78 valence electrons. The van der Waals surface area contributed by atoms with Crippen LogP contribution in [0.4, 0.5) is 0 Å². The lowest BCUT2D eigenvalue weighted by Crippen LogP contribution is -2.18. The van der Waals surface area contributed by atoms with Gasteiger partial charge < -0.3 is 4.74 Å². The maximum Gasteiger partial charge on any atom is 0.300 e. The van der Waals surface area contributed by atoms with Crippen LogP contribution < -0.4 is 10.3 Å². The van der Waals surface area contributed by atoms with Gasteiger partial charge in [0.05, 0.1) is 12.8 Å². The molecule has 0 bridgehead atoms. The van der Waals surface area contributed by atoms with Gasteiger partial charge in [-0.05, 0) is 19.1 Å². The monoisotopic (exact) mass is 268 g/mol. The fraction of sp³-hybridized carbons (Fsp3) is 0.200. The molecule has 0 N–H and O–H groups in total. The van der Waals surface area contributed by atoms with Crippen molar-refractivity contribution in [1.29, 1.82) is 0 Å². The number of aryl methyl sites for hydroxylation is 1. The third-order valence-corrected chi connectivity index (χ3v) is 2.62. The number of hydrogen-bond donors (Lipinski definition) is 0. The lowest BCUT2D eigenvalue weighted by Gasteiger charge is -2.06. The molecule has 0 radical (unpaired) electrons. The first-order chi connectivity index (χ1) is 7.13. The largest absolute Gasteiger partial charge is 0.490 e. The summed E-state index contributed by atoms with van der Waals surface area (Å²) in [6.45, 7) is 1.75. The molecule has 0 aliphatic carbocycles. The van der Waals surface area contributed by atoms with Crippen LogP contribution >= 0.6 is 15.9 Å². The molecule has 0 aliphatic heterocycles. The van der Waals surface area contributed by atoms with Crippen molar-refractivity contribution in [2.45, 2.75) is 6.92 Å². The minimum absolute atomic E-state index is 0.187. The molecule has 0 saturated heterocycles. The number of nitrogens with zero attached hydrogens (tertiary/aromatic N) is 2. The average Bonchev–Trinajstić information content (AvgIpc) is 2.17. The Labute approximate surface area is 94.7 Å². The van der Waals surface area contributed by atoms with Crippen LogP contribution in [0.2, 0.25) is 0 Å². The quantitative estimate of drug-likeness (QED) is 0.792. The molecule has 2 rings (SSSR count).